The number of aromatic nitrogens is 2. The Kier molecular flexibility index (Phi) is 4.43. The minimum atomic E-state index is 0.309. The van der Waals surface area contributed by atoms with E-state index < -0.39 is 0 Å². The van der Waals surface area contributed by atoms with Crippen molar-refractivity contribution in [2.45, 2.75) is 18.9 Å². The van der Waals surface area contributed by atoms with Gasteiger partial charge in [0.15, 0.2) is 0 Å². The van der Waals surface area contributed by atoms with E-state index in [1.165, 1.54) is 0 Å². The van der Waals surface area contributed by atoms with Crippen LogP contribution in [0.2, 0.25) is 0 Å². The molecule has 0 saturated carbocycles. The van der Waals surface area contributed by atoms with Crippen molar-refractivity contribution in [3.63, 3.8) is 0 Å². The number of halogens is 1. The average molecular weight is 354 g/mol. The lowest BCUT2D eigenvalue weighted by Gasteiger charge is -2.15. The molecule has 2 heterocycles. The molecule has 1 aliphatic rings. The molecule has 0 radical (unpaired) electrons. The molecule has 1 aromatic carbocycles. The summed E-state index contributed by atoms with van der Waals surface area (Å²) in [6, 6.07) is 8.35. The van der Waals surface area contributed by atoms with Crippen LogP contribution in [0.15, 0.2) is 33.3 Å². The normalized spacial score (nSPS) is 22.3. The molecule has 3 rings (SSSR count). The van der Waals surface area contributed by atoms with Crippen molar-refractivity contribution in [3.8, 4) is 11.4 Å². The third-order valence-electron chi connectivity index (χ3n) is 3.42. The Hall–Kier alpha value is -0.850. The van der Waals surface area contributed by atoms with Gasteiger partial charge >= 0.3 is 0 Å². The molecule has 1 fully saturated rings. The highest BCUT2D eigenvalue weighted by Gasteiger charge is 2.33. The van der Waals surface area contributed by atoms with Crippen LogP contribution in [0.3, 0.4) is 0 Å². The van der Waals surface area contributed by atoms with Gasteiger partial charge in [0, 0.05) is 27.6 Å². The molecule has 1 aromatic heterocycles. The van der Waals surface area contributed by atoms with Crippen LogP contribution in [0.1, 0.15) is 18.7 Å². The summed E-state index contributed by atoms with van der Waals surface area (Å²) < 4.78 is 6.48. The van der Waals surface area contributed by atoms with E-state index in [4.69, 9.17) is 4.52 Å². The number of hydrogen-bond acceptors (Lipinski definition) is 5. The van der Waals surface area contributed by atoms with Gasteiger partial charge in [-0.05, 0) is 18.7 Å². The highest BCUT2D eigenvalue weighted by molar-refractivity contribution is 9.10. The molecule has 1 saturated heterocycles. The van der Waals surface area contributed by atoms with Crippen molar-refractivity contribution < 1.29 is 4.52 Å². The van der Waals surface area contributed by atoms with Crippen LogP contribution >= 0.6 is 27.7 Å². The van der Waals surface area contributed by atoms with Gasteiger partial charge in [-0.15, -0.1) is 0 Å². The van der Waals surface area contributed by atoms with Crippen molar-refractivity contribution in [1.82, 2.24) is 15.5 Å². The molecular formula is C14H16BrN3OS. The maximum atomic E-state index is 5.50. The molecule has 6 heteroatoms. The van der Waals surface area contributed by atoms with E-state index >= 15 is 0 Å². The van der Waals surface area contributed by atoms with Crippen molar-refractivity contribution in [2.75, 3.05) is 18.1 Å². The maximum Gasteiger partial charge on any atom is 0.232 e. The summed E-state index contributed by atoms with van der Waals surface area (Å²) in [5.74, 6) is 3.84. The molecule has 1 N–H and O–H groups in total. The molecule has 0 aliphatic carbocycles. The lowest BCUT2D eigenvalue weighted by molar-refractivity contribution is 0.340. The summed E-state index contributed by atoms with van der Waals surface area (Å²) in [5, 5.41) is 7.63. The number of hydrogen-bond donors (Lipinski definition) is 1. The monoisotopic (exact) mass is 353 g/mol. The maximum absolute atomic E-state index is 5.50. The van der Waals surface area contributed by atoms with Gasteiger partial charge in [0.25, 0.3) is 0 Å². The van der Waals surface area contributed by atoms with Crippen molar-refractivity contribution >= 4 is 27.7 Å². The zero-order valence-electron chi connectivity index (χ0n) is 11.2. The first kappa shape index (κ1) is 14.1. The number of thioether (sulfide) groups is 1. The Balaban J connectivity index is 1.85. The van der Waals surface area contributed by atoms with Gasteiger partial charge in [0.1, 0.15) is 0 Å². The van der Waals surface area contributed by atoms with E-state index in [9.17, 15) is 0 Å². The van der Waals surface area contributed by atoms with Crippen LogP contribution in [0.25, 0.3) is 11.4 Å². The molecular weight excluding hydrogens is 338 g/mol. The summed E-state index contributed by atoms with van der Waals surface area (Å²) >= 11 is 5.46. The van der Waals surface area contributed by atoms with E-state index in [1.807, 2.05) is 36.0 Å². The SMILES string of the molecule is CCNC1CSCC1c1nc(-c2ccccc2Br)no1. The molecule has 2 atom stereocenters. The summed E-state index contributed by atoms with van der Waals surface area (Å²) in [6.07, 6.45) is 0. The minimum absolute atomic E-state index is 0.309. The second kappa shape index (κ2) is 6.28. The molecule has 0 bridgehead atoms. The molecule has 2 unspecified atom stereocenters. The van der Waals surface area contributed by atoms with Crippen LogP contribution in [-0.2, 0) is 0 Å². The largest absolute Gasteiger partial charge is 0.339 e. The molecule has 0 amide bonds. The average Bonchev–Trinajstić information content (AvgIpc) is 3.08. The summed E-state index contributed by atoms with van der Waals surface area (Å²) in [6.45, 7) is 3.09. The molecule has 4 nitrogen and oxygen atoms in total. The number of rotatable bonds is 4. The van der Waals surface area contributed by atoms with Gasteiger partial charge < -0.3 is 9.84 Å². The van der Waals surface area contributed by atoms with Crippen molar-refractivity contribution in [3.05, 3.63) is 34.6 Å². The summed E-state index contributed by atoms with van der Waals surface area (Å²) in [5.41, 5.74) is 0.966. The number of benzene rings is 1. The van der Waals surface area contributed by atoms with Gasteiger partial charge in [-0.1, -0.05) is 40.1 Å². The van der Waals surface area contributed by atoms with Crippen molar-refractivity contribution in [2.24, 2.45) is 0 Å². The first-order valence-corrected chi connectivity index (χ1v) is 8.64. The smallest absolute Gasteiger partial charge is 0.232 e. The van der Waals surface area contributed by atoms with Crippen LogP contribution < -0.4 is 5.32 Å². The highest BCUT2D eigenvalue weighted by Crippen LogP contribution is 2.33. The predicted molar refractivity (Wildman–Crippen MR) is 85.0 cm³/mol. The first-order valence-electron chi connectivity index (χ1n) is 6.69. The van der Waals surface area contributed by atoms with Crippen LogP contribution in [0.4, 0.5) is 0 Å². The van der Waals surface area contributed by atoms with E-state index in [-0.39, 0.29) is 0 Å². The molecule has 2 aromatic rings. The third-order valence-corrected chi connectivity index (χ3v) is 5.30. The van der Waals surface area contributed by atoms with Gasteiger partial charge in [0.05, 0.1) is 5.92 Å². The summed E-state index contributed by atoms with van der Waals surface area (Å²) in [7, 11) is 0. The van der Waals surface area contributed by atoms with Gasteiger partial charge in [0.2, 0.25) is 11.7 Å². The Morgan fingerprint density at radius 2 is 2.25 bits per heavy atom. The van der Waals surface area contributed by atoms with Gasteiger partial charge in [-0.25, -0.2) is 0 Å². The number of nitrogens with one attached hydrogen (secondary N) is 1. The fourth-order valence-electron chi connectivity index (χ4n) is 2.40. The van der Waals surface area contributed by atoms with Gasteiger partial charge in [-0.2, -0.15) is 16.7 Å². The Morgan fingerprint density at radius 3 is 3.05 bits per heavy atom. The van der Waals surface area contributed by atoms with E-state index in [1.54, 1.807) is 0 Å². The second-order valence-corrected chi connectivity index (χ2v) is 6.67. The quantitative estimate of drug-likeness (QED) is 0.913. The van der Waals surface area contributed by atoms with Crippen molar-refractivity contribution in [1.29, 1.82) is 0 Å². The third kappa shape index (κ3) is 2.77. The van der Waals surface area contributed by atoms with Crippen LogP contribution in [0, 0.1) is 0 Å². The molecule has 20 heavy (non-hydrogen) atoms. The van der Waals surface area contributed by atoms with Crippen LogP contribution in [-0.4, -0.2) is 34.2 Å². The van der Waals surface area contributed by atoms with E-state index in [2.05, 4.69) is 38.3 Å². The second-order valence-electron chi connectivity index (χ2n) is 4.74. The number of nitrogens with zero attached hydrogens (tertiary/aromatic N) is 2. The van der Waals surface area contributed by atoms with E-state index in [0.29, 0.717) is 17.8 Å². The summed E-state index contributed by atoms with van der Waals surface area (Å²) in [4.78, 5) is 4.59. The molecule has 0 spiro atoms. The minimum Gasteiger partial charge on any atom is -0.339 e. The molecule has 1 aliphatic heterocycles. The lowest BCUT2D eigenvalue weighted by atomic mass is 10.0. The fourth-order valence-corrected chi connectivity index (χ4v) is 4.23. The van der Waals surface area contributed by atoms with E-state index in [0.717, 1.165) is 34.0 Å². The Bertz CT molecular complexity index is 589. The topological polar surface area (TPSA) is 51.0 Å². The van der Waals surface area contributed by atoms with Crippen LogP contribution in [0.5, 0.6) is 0 Å². The zero-order chi connectivity index (χ0) is 13.9. The fraction of sp³-hybridized carbons (Fsp3) is 0.429. The highest BCUT2D eigenvalue weighted by atomic mass is 79.9. The Labute approximate surface area is 130 Å². The predicted octanol–water partition coefficient (Wildman–Crippen LogP) is 3.31. The van der Waals surface area contributed by atoms with Gasteiger partial charge in [-0.3, -0.25) is 0 Å². The first-order chi connectivity index (χ1) is 9.79. The standard InChI is InChI=1S/C14H16BrN3OS/c1-2-16-12-8-20-7-10(12)14-17-13(18-19-14)9-5-3-4-6-11(9)15/h3-6,10,12,16H,2,7-8H2,1H3. The lowest BCUT2D eigenvalue weighted by Crippen LogP contribution is -2.34. The Morgan fingerprint density at radius 1 is 1.40 bits per heavy atom. The molecule has 106 valence electrons. The zero-order valence-corrected chi connectivity index (χ0v) is 13.6. The number of likely N-dealkylation sites (N-methyl/N-ethyl adjacent to an activating group) is 1.